The van der Waals surface area contributed by atoms with Crippen molar-refractivity contribution in [2.24, 2.45) is 0 Å². The molecule has 33 heavy (non-hydrogen) atoms. The van der Waals surface area contributed by atoms with E-state index in [4.69, 9.17) is 9.47 Å². The summed E-state index contributed by atoms with van der Waals surface area (Å²) in [5, 5.41) is 12.4. The van der Waals surface area contributed by atoms with E-state index >= 15 is 0 Å². The van der Waals surface area contributed by atoms with Crippen molar-refractivity contribution in [1.82, 2.24) is 20.1 Å². The maximum atomic E-state index is 12.5. The van der Waals surface area contributed by atoms with Gasteiger partial charge in [-0.1, -0.05) is 72.4 Å². The molecule has 3 aromatic carbocycles. The molecule has 0 aliphatic carbocycles. The van der Waals surface area contributed by atoms with Gasteiger partial charge in [0.05, 0.1) is 12.3 Å². The van der Waals surface area contributed by atoms with E-state index < -0.39 is 0 Å². The highest BCUT2D eigenvalue weighted by atomic mass is 32.2. The quantitative estimate of drug-likeness (QED) is 0.422. The number of rotatable bonds is 7. The van der Waals surface area contributed by atoms with Crippen LogP contribution in [-0.4, -0.2) is 45.7 Å². The topological polar surface area (TPSA) is 78.3 Å². The lowest BCUT2D eigenvalue weighted by molar-refractivity contribution is -0.119. The molecule has 8 heteroatoms. The number of hydrogen-bond donors (Lipinski definition) is 1. The van der Waals surface area contributed by atoms with Gasteiger partial charge in [0.15, 0.2) is 22.5 Å². The summed E-state index contributed by atoms with van der Waals surface area (Å²) >= 11 is 1.35. The molecular formula is C25H22N4O3S. The Morgan fingerprint density at radius 1 is 0.939 bits per heavy atom. The zero-order chi connectivity index (χ0) is 22.5. The van der Waals surface area contributed by atoms with E-state index in [1.165, 1.54) is 11.8 Å². The Morgan fingerprint density at radius 3 is 2.42 bits per heavy atom. The highest BCUT2D eigenvalue weighted by molar-refractivity contribution is 7.99. The Morgan fingerprint density at radius 2 is 1.64 bits per heavy atom. The maximum absolute atomic E-state index is 12.5. The second kappa shape index (κ2) is 9.79. The van der Waals surface area contributed by atoms with Crippen molar-refractivity contribution in [3.63, 3.8) is 0 Å². The molecule has 5 rings (SSSR count). The molecule has 4 aromatic rings. The van der Waals surface area contributed by atoms with Crippen molar-refractivity contribution in [3.05, 3.63) is 84.9 Å². The van der Waals surface area contributed by atoms with E-state index in [0.29, 0.717) is 24.1 Å². The second-order valence-electron chi connectivity index (χ2n) is 7.43. The molecule has 1 N–H and O–H groups in total. The van der Waals surface area contributed by atoms with Gasteiger partial charge in [0.2, 0.25) is 5.91 Å². The lowest BCUT2D eigenvalue weighted by atomic mass is 10.2. The number of thioether (sulfide) groups is 1. The number of benzene rings is 3. The van der Waals surface area contributed by atoms with Crippen LogP contribution < -0.4 is 14.8 Å². The predicted molar refractivity (Wildman–Crippen MR) is 127 cm³/mol. The summed E-state index contributed by atoms with van der Waals surface area (Å²) in [5.41, 5.74) is 1.90. The third-order valence-corrected chi connectivity index (χ3v) is 6.04. The van der Waals surface area contributed by atoms with Gasteiger partial charge in [-0.3, -0.25) is 9.36 Å². The minimum absolute atomic E-state index is 0.105. The van der Waals surface area contributed by atoms with Crippen LogP contribution in [0.3, 0.4) is 0 Å². The van der Waals surface area contributed by atoms with Gasteiger partial charge in [-0.15, -0.1) is 10.2 Å². The number of hydrogen-bond acceptors (Lipinski definition) is 6. The summed E-state index contributed by atoms with van der Waals surface area (Å²) in [6.07, 6.45) is -0.230. The number of ether oxygens (including phenoxy) is 2. The highest BCUT2D eigenvalue weighted by Crippen LogP contribution is 2.31. The fourth-order valence-corrected chi connectivity index (χ4v) is 4.30. The van der Waals surface area contributed by atoms with Crippen LogP contribution in [0, 0.1) is 0 Å². The van der Waals surface area contributed by atoms with Crippen molar-refractivity contribution >= 4 is 17.7 Å². The number of para-hydroxylation sites is 3. The average molecular weight is 459 g/mol. The first-order valence-corrected chi connectivity index (χ1v) is 11.6. The van der Waals surface area contributed by atoms with Crippen LogP contribution in [0.4, 0.5) is 0 Å². The third kappa shape index (κ3) is 4.85. The summed E-state index contributed by atoms with van der Waals surface area (Å²) in [4.78, 5) is 12.5. The van der Waals surface area contributed by atoms with Crippen molar-refractivity contribution in [2.45, 2.75) is 11.3 Å². The molecule has 0 saturated heterocycles. The monoisotopic (exact) mass is 458 g/mol. The Labute approximate surface area is 195 Å². The van der Waals surface area contributed by atoms with Crippen LogP contribution in [0.5, 0.6) is 11.5 Å². The number of amides is 1. The molecule has 0 radical (unpaired) electrons. The van der Waals surface area contributed by atoms with Gasteiger partial charge in [0.1, 0.15) is 12.7 Å². The minimum atomic E-state index is -0.230. The fourth-order valence-electron chi connectivity index (χ4n) is 3.52. The van der Waals surface area contributed by atoms with Crippen molar-refractivity contribution < 1.29 is 14.3 Å². The lowest BCUT2D eigenvalue weighted by Gasteiger charge is -2.26. The molecule has 0 saturated carbocycles. The molecule has 2 heterocycles. The molecule has 0 bridgehead atoms. The Bertz CT molecular complexity index is 1230. The first kappa shape index (κ1) is 21.1. The van der Waals surface area contributed by atoms with E-state index in [-0.39, 0.29) is 17.8 Å². The third-order valence-electron chi connectivity index (χ3n) is 5.11. The average Bonchev–Trinajstić information content (AvgIpc) is 3.31. The molecule has 1 aromatic heterocycles. The number of fused-ring (bicyclic) bond motifs is 1. The molecule has 1 atom stereocenters. The highest BCUT2D eigenvalue weighted by Gasteiger charge is 2.22. The number of nitrogens with zero attached hydrogens (tertiary/aromatic N) is 3. The number of carbonyl (C=O) groups excluding carboxylic acids is 1. The molecule has 1 amide bonds. The summed E-state index contributed by atoms with van der Waals surface area (Å²) in [6, 6.07) is 27.3. The van der Waals surface area contributed by atoms with Gasteiger partial charge in [0.25, 0.3) is 0 Å². The predicted octanol–water partition coefficient (Wildman–Crippen LogP) is 3.98. The normalized spacial score (nSPS) is 14.6. The Hall–Kier alpha value is -3.78. The first-order valence-electron chi connectivity index (χ1n) is 10.6. The van der Waals surface area contributed by atoms with Gasteiger partial charge >= 0.3 is 0 Å². The smallest absolute Gasteiger partial charge is 0.230 e. The van der Waals surface area contributed by atoms with Gasteiger partial charge < -0.3 is 14.8 Å². The van der Waals surface area contributed by atoms with E-state index in [1.807, 2.05) is 89.5 Å². The molecule has 0 fully saturated rings. The van der Waals surface area contributed by atoms with Gasteiger partial charge in [-0.2, -0.15) is 0 Å². The molecule has 1 unspecified atom stereocenters. The maximum Gasteiger partial charge on any atom is 0.230 e. The van der Waals surface area contributed by atoms with Crippen LogP contribution in [0.1, 0.15) is 0 Å². The first-order chi connectivity index (χ1) is 16.3. The van der Waals surface area contributed by atoms with Crippen LogP contribution in [0.15, 0.2) is 90.1 Å². The van der Waals surface area contributed by atoms with E-state index in [9.17, 15) is 4.79 Å². The van der Waals surface area contributed by atoms with Crippen molar-refractivity contribution in [1.29, 1.82) is 0 Å². The lowest BCUT2D eigenvalue weighted by Crippen LogP contribution is -2.41. The van der Waals surface area contributed by atoms with Crippen LogP contribution in [0.25, 0.3) is 17.1 Å². The number of carbonyl (C=O) groups is 1. The molecule has 0 spiro atoms. The minimum Gasteiger partial charge on any atom is -0.486 e. The number of aromatic nitrogens is 3. The van der Waals surface area contributed by atoms with E-state index in [1.54, 1.807) is 0 Å². The van der Waals surface area contributed by atoms with Crippen LogP contribution in [-0.2, 0) is 4.79 Å². The summed E-state index contributed by atoms with van der Waals surface area (Å²) < 4.78 is 13.6. The number of nitrogens with one attached hydrogen (secondary N) is 1. The fraction of sp³-hybridized carbons (Fsp3) is 0.160. The zero-order valence-corrected chi connectivity index (χ0v) is 18.6. The van der Waals surface area contributed by atoms with Crippen molar-refractivity contribution in [2.75, 3.05) is 18.9 Å². The Kier molecular flexibility index (Phi) is 6.25. The summed E-state index contributed by atoms with van der Waals surface area (Å²) in [7, 11) is 0. The zero-order valence-electron chi connectivity index (χ0n) is 17.8. The van der Waals surface area contributed by atoms with Crippen molar-refractivity contribution in [3.8, 4) is 28.6 Å². The summed E-state index contributed by atoms with van der Waals surface area (Å²) in [6.45, 7) is 0.765. The Balaban J connectivity index is 1.24. The molecule has 1 aliphatic heterocycles. The molecule has 7 nitrogen and oxygen atoms in total. The van der Waals surface area contributed by atoms with Gasteiger partial charge in [-0.25, -0.2) is 0 Å². The van der Waals surface area contributed by atoms with E-state index in [0.717, 1.165) is 22.8 Å². The summed E-state index contributed by atoms with van der Waals surface area (Å²) in [5.74, 6) is 2.26. The second-order valence-corrected chi connectivity index (χ2v) is 8.38. The molecule has 166 valence electrons. The SMILES string of the molecule is O=C(CSc1nnc(-c2ccccc2)n1-c1ccccc1)NCC1COc2ccccc2O1. The van der Waals surface area contributed by atoms with E-state index in [2.05, 4.69) is 15.5 Å². The standard InChI is InChI=1S/C25H22N4O3S/c30-23(26-15-20-16-31-21-13-7-8-14-22(21)32-20)17-33-25-28-27-24(18-9-3-1-4-10-18)29(25)19-11-5-2-6-12-19/h1-14,20H,15-17H2,(H,26,30). The van der Waals surface area contributed by atoms with Gasteiger partial charge in [-0.05, 0) is 24.3 Å². The van der Waals surface area contributed by atoms with Gasteiger partial charge in [0, 0.05) is 11.3 Å². The van der Waals surface area contributed by atoms with Crippen LogP contribution >= 0.6 is 11.8 Å². The molecule has 1 aliphatic rings. The van der Waals surface area contributed by atoms with Crippen LogP contribution in [0.2, 0.25) is 0 Å². The largest absolute Gasteiger partial charge is 0.486 e. The molecular weight excluding hydrogens is 436 g/mol.